The summed E-state index contributed by atoms with van der Waals surface area (Å²) in [6, 6.07) is 1.31. The number of carbonyl (C=O) groups excluding carboxylic acids is 1. The summed E-state index contributed by atoms with van der Waals surface area (Å²) in [5.74, 6) is -0.607. The Labute approximate surface area is 104 Å². The highest BCUT2D eigenvalue weighted by atomic mass is 16.5. The Morgan fingerprint density at radius 2 is 2.28 bits per heavy atom. The Morgan fingerprint density at radius 3 is 2.83 bits per heavy atom. The van der Waals surface area contributed by atoms with Crippen molar-refractivity contribution >= 4 is 5.97 Å². The summed E-state index contributed by atoms with van der Waals surface area (Å²) in [6.45, 7) is 5.06. The maximum Gasteiger partial charge on any atom is 0.329 e. The lowest BCUT2D eigenvalue weighted by atomic mass is 10.2. The number of aromatic amines is 1. The molecule has 0 aliphatic rings. The highest BCUT2D eigenvalue weighted by Crippen LogP contribution is 1.94. The van der Waals surface area contributed by atoms with Crippen molar-refractivity contribution < 1.29 is 9.53 Å². The minimum absolute atomic E-state index is 0.211. The first-order valence-corrected chi connectivity index (χ1v) is 5.68. The molecule has 1 N–H and O–H groups in total. The molecular formula is C12H16N2O4. The van der Waals surface area contributed by atoms with Crippen molar-refractivity contribution in [3.05, 3.63) is 45.3 Å². The number of nitrogens with one attached hydrogen (secondary N) is 1. The SMILES string of the molecule is C=CCCc1cc(=O)n(CC(=O)OCC)c(=O)[nH]1. The summed E-state index contributed by atoms with van der Waals surface area (Å²) in [5.41, 5.74) is -0.578. The molecule has 1 aromatic heterocycles. The van der Waals surface area contributed by atoms with Crippen LogP contribution in [0.2, 0.25) is 0 Å². The van der Waals surface area contributed by atoms with Crippen LogP contribution >= 0.6 is 0 Å². The van der Waals surface area contributed by atoms with Crippen LogP contribution in [0, 0.1) is 0 Å². The third-order valence-corrected chi connectivity index (χ3v) is 2.29. The first-order valence-electron chi connectivity index (χ1n) is 5.68. The van der Waals surface area contributed by atoms with Crippen LogP contribution in [0.3, 0.4) is 0 Å². The minimum Gasteiger partial charge on any atom is -0.465 e. The van der Waals surface area contributed by atoms with E-state index in [4.69, 9.17) is 0 Å². The van der Waals surface area contributed by atoms with Crippen molar-refractivity contribution in [3.63, 3.8) is 0 Å². The van der Waals surface area contributed by atoms with Crippen molar-refractivity contribution in [1.29, 1.82) is 0 Å². The molecule has 0 aliphatic carbocycles. The Hall–Kier alpha value is -2.11. The predicted molar refractivity (Wildman–Crippen MR) is 66.5 cm³/mol. The number of hydrogen-bond donors (Lipinski definition) is 1. The number of aromatic nitrogens is 2. The van der Waals surface area contributed by atoms with Crippen LogP contribution < -0.4 is 11.2 Å². The summed E-state index contributed by atoms with van der Waals surface area (Å²) in [6.07, 6.45) is 2.90. The van der Waals surface area contributed by atoms with Gasteiger partial charge in [0.1, 0.15) is 6.54 Å². The van der Waals surface area contributed by atoms with E-state index in [1.54, 1.807) is 13.0 Å². The second-order valence-electron chi connectivity index (χ2n) is 3.66. The van der Waals surface area contributed by atoms with Gasteiger partial charge in [-0.3, -0.25) is 9.59 Å². The van der Waals surface area contributed by atoms with Crippen molar-refractivity contribution in [2.45, 2.75) is 26.3 Å². The summed E-state index contributed by atoms with van der Waals surface area (Å²) in [4.78, 5) is 37.1. The third-order valence-electron chi connectivity index (χ3n) is 2.29. The number of nitrogens with zero attached hydrogens (tertiary/aromatic N) is 1. The van der Waals surface area contributed by atoms with Gasteiger partial charge in [-0.05, 0) is 19.8 Å². The summed E-state index contributed by atoms with van der Waals surface area (Å²) < 4.78 is 5.50. The first-order chi connectivity index (χ1) is 8.58. The molecule has 6 nitrogen and oxygen atoms in total. The van der Waals surface area contributed by atoms with Crippen molar-refractivity contribution in [3.8, 4) is 0 Å². The zero-order chi connectivity index (χ0) is 13.5. The number of H-pyrrole nitrogens is 1. The number of allylic oxidation sites excluding steroid dienone is 1. The maximum atomic E-state index is 11.7. The van der Waals surface area contributed by atoms with Crippen LogP contribution in [0.1, 0.15) is 19.0 Å². The summed E-state index contributed by atoms with van der Waals surface area (Å²) in [7, 11) is 0. The highest BCUT2D eigenvalue weighted by molar-refractivity contribution is 5.69. The minimum atomic E-state index is -0.607. The Morgan fingerprint density at radius 1 is 1.56 bits per heavy atom. The molecule has 0 aliphatic heterocycles. The molecule has 0 aromatic carbocycles. The second kappa shape index (κ2) is 6.58. The van der Waals surface area contributed by atoms with E-state index >= 15 is 0 Å². The van der Waals surface area contributed by atoms with Crippen LogP contribution in [0.4, 0.5) is 0 Å². The average molecular weight is 252 g/mol. The maximum absolute atomic E-state index is 11.7. The van der Waals surface area contributed by atoms with E-state index < -0.39 is 17.2 Å². The van der Waals surface area contributed by atoms with E-state index in [2.05, 4.69) is 16.3 Å². The molecule has 0 atom stereocenters. The molecule has 6 heteroatoms. The van der Waals surface area contributed by atoms with Gasteiger partial charge in [-0.2, -0.15) is 0 Å². The number of aryl methyl sites for hydroxylation is 1. The third kappa shape index (κ3) is 3.73. The van der Waals surface area contributed by atoms with E-state index in [0.717, 1.165) is 4.57 Å². The molecule has 0 bridgehead atoms. The molecule has 1 rings (SSSR count). The lowest BCUT2D eigenvalue weighted by molar-refractivity contribution is -0.143. The van der Waals surface area contributed by atoms with E-state index in [1.807, 2.05) is 0 Å². The van der Waals surface area contributed by atoms with Gasteiger partial charge in [0, 0.05) is 11.8 Å². The van der Waals surface area contributed by atoms with Gasteiger partial charge in [0.15, 0.2) is 0 Å². The molecule has 98 valence electrons. The van der Waals surface area contributed by atoms with Gasteiger partial charge >= 0.3 is 11.7 Å². The summed E-state index contributed by atoms with van der Waals surface area (Å²) in [5, 5.41) is 0. The average Bonchev–Trinajstić information content (AvgIpc) is 2.31. The number of rotatable bonds is 6. The van der Waals surface area contributed by atoms with Gasteiger partial charge in [-0.25, -0.2) is 9.36 Å². The normalized spacial score (nSPS) is 10.1. The molecule has 0 unspecified atom stereocenters. The van der Waals surface area contributed by atoms with Gasteiger partial charge in [-0.1, -0.05) is 6.08 Å². The van der Waals surface area contributed by atoms with Gasteiger partial charge in [0.05, 0.1) is 6.61 Å². The van der Waals surface area contributed by atoms with Gasteiger partial charge in [-0.15, -0.1) is 6.58 Å². The number of esters is 1. The molecule has 0 radical (unpaired) electrons. The molecule has 1 heterocycles. The van der Waals surface area contributed by atoms with Gasteiger partial charge in [0.2, 0.25) is 0 Å². The highest BCUT2D eigenvalue weighted by Gasteiger charge is 2.09. The van der Waals surface area contributed by atoms with E-state index in [-0.39, 0.29) is 13.2 Å². The molecular weight excluding hydrogens is 236 g/mol. The zero-order valence-electron chi connectivity index (χ0n) is 10.3. The van der Waals surface area contributed by atoms with Crippen LogP contribution in [0.15, 0.2) is 28.3 Å². The topological polar surface area (TPSA) is 81.2 Å². The van der Waals surface area contributed by atoms with Gasteiger partial charge < -0.3 is 9.72 Å². The Bertz CT molecular complexity index is 510. The van der Waals surface area contributed by atoms with Crippen LogP contribution in [0.25, 0.3) is 0 Å². The fourth-order valence-corrected chi connectivity index (χ4v) is 1.45. The molecule has 18 heavy (non-hydrogen) atoms. The lowest BCUT2D eigenvalue weighted by Gasteiger charge is -2.05. The van der Waals surface area contributed by atoms with Crippen LogP contribution in [-0.2, 0) is 22.5 Å². The van der Waals surface area contributed by atoms with Gasteiger partial charge in [0.25, 0.3) is 5.56 Å². The number of carbonyl (C=O) groups is 1. The van der Waals surface area contributed by atoms with E-state index in [1.165, 1.54) is 6.07 Å². The quantitative estimate of drug-likeness (QED) is 0.580. The van der Waals surface area contributed by atoms with Crippen LogP contribution in [-0.4, -0.2) is 22.1 Å². The first kappa shape index (κ1) is 14.0. The molecule has 0 spiro atoms. The van der Waals surface area contributed by atoms with E-state index in [0.29, 0.717) is 18.5 Å². The number of hydrogen-bond acceptors (Lipinski definition) is 4. The standard InChI is InChI=1S/C12H16N2O4/c1-3-5-6-9-7-10(15)14(12(17)13-9)8-11(16)18-4-2/h3,7H,1,4-6,8H2,2H3,(H,13,17). The fraction of sp³-hybridized carbons (Fsp3) is 0.417. The molecule has 0 saturated heterocycles. The molecule has 0 saturated carbocycles. The van der Waals surface area contributed by atoms with Crippen molar-refractivity contribution in [2.75, 3.05) is 6.61 Å². The van der Waals surface area contributed by atoms with Crippen molar-refractivity contribution in [1.82, 2.24) is 9.55 Å². The smallest absolute Gasteiger partial charge is 0.329 e. The monoisotopic (exact) mass is 252 g/mol. The summed E-state index contributed by atoms with van der Waals surface area (Å²) >= 11 is 0. The lowest BCUT2D eigenvalue weighted by Crippen LogP contribution is -2.38. The van der Waals surface area contributed by atoms with Crippen LogP contribution in [0.5, 0.6) is 0 Å². The Kier molecular flexibility index (Phi) is 5.10. The zero-order valence-corrected chi connectivity index (χ0v) is 10.3. The predicted octanol–water partition coefficient (Wildman–Crippen LogP) is 0.218. The van der Waals surface area contributed by atoms with Crippen molar-refractivity contribution in [2.24, 2.45) is 0 Å². The largest absolute Gasteiger partial charge is 0.465 e. The molecule has 0 amide bonds. The second-order valence-corrected chi connectivity index (χ2v) is 3.66. The molecule has 0 fully saturated rings. The number of ether oxygens (including phenoxy) is 1. The Balaban J connectivity index is 2.94. The van der Waals surface area contributed by atoms with E-state index in [9.17, 15) is 14.4 Å². The fourth-order valence-electron chi connectivity index (χ4n) is 1.45. The molecule has 1 aromatic rings.